The van der Waals surface area contributed by atoms with Gasteiger partial charge in [0, 0.05) is 23.8 Å². The van der Waals surface area contributed by atoms with Crippen molar-refractivity contribution in [2.45, 2.75) is 0 Å². The number of nitriles is 1. The number of hydrogen-bond donors (Lipinski definition) is 1. The Morgan fingerprint density at radius 2 is 2.10 bits per heavy atom. The topological polar surface area (TPSA) is 61.7 Å². The number of nitrogens with zero attached hydrogens (tertiary/aromatic N) is 2. The maximum atomic E-state index is 14.1. The van der Waals surface area contributed by atoms with Gasteiger partial charge in [-0.25, -0.2) is 9.37 Å². The highest BCUT2D eigenvalue weighted by atomic mass is 79.9. The molecule has 21 heavy (non-hydrogen) atoms. The van der Waals surface area contributed by atoms with Crippen LogP contribution in [0.2, 0.25) is 0 Å². The lowest BCUT2D eigenvalue weighted by Crippen LogP contribution is -1.96. The number of benzene rings is 1. The summed E-state index contributed by atoms with van der Waals surface area (Å²) >= 11 is 3.21. The molecule has 0 saturated carbocycles. The highest BCUT2D eigenvalue weighted by molar-refractivity contribution is 9.10. The monoisotopic (exact) mass is 349 g/mol. The zero-order valence-electron chi connectivity index (χ0n) is 10.3. The Labute approximate surface area is 126 Å². The van der Waals surface area contributed by atoms with Crippen LogP contribution in [0.15, 0.2) is 35.1 Å². The van der Waals surface area contributed by atoms with Crippen LogP contribution in [0.3, 0.4) is 0 Å². The SMILES string of the molecule is N#Cc1cc(Oc2c(F)c(F)c3[nH]ccc3c2Br)ccn1. The third-order valence-electron chi connectivity index (χ3n) is 2.86. The first kappa shape index (κ1) is 13.5. The molecule has 0 spiro atoms. The Bertz CT molecular complexity index is 886. The fourth-order valence-corrected chi connectivity index (χ4v) is 2.49. The smallest absolute Gasteiger partial charge is 0.204 e. The van der Waals surface area contributed by atoms with Gasteiger partial charge < -0.3 is 9.72 Å². The Kier molecular flexibility index (Phi) is 3.31. The first-order chi connectivity index (χ1) is 10.1. The molecule has 3 rings (SSSR count). The van der Waals surface area contributed by atoms with Crippen LogP contribution < -0.4 is 4.74 Å². The van der Waals surface area contributed by atoms with E-state index in [0.29, 0.717) is 5.39 Å². The zero-order chi connectivity index (χ0) is 15.0. The maximum absolute atomic E-state index is 14.1. The molecular formula is C14H6BrF2N3O. The van der Waals surface area contributed by atoms with Crippen LogP contribution in [-0.2, 0) is 0 Å². The van der Waals surface area contributed by atoms with E-state index in [-0.39, 0.29) is 27.2 Å². The standard InChI is InChI=1S/C14H6BrF2N3O/c15-10-9-2-4-20-13(9)11(16)12(17)14(10)21-8-1-3-19-7(5-8)6-18/h1-5,20H. The van der Waals surface area contributed by atoms with Crippen molar-refractivity contribution in [3.63, 3.8) is 0 Å². The minimum atomic E-state index is -1.12. The van der Waals surface area contributed by atoms with E-state index in [9.17, 15) is 8.78 Å². The summed E-state index contributed by atoms with van der Waals surface area (Å²) in [5.74, 6) is -2.24. The van der Waals surface area contributed by atoms with Crippen molar-refractivity contribution < 1.29 is 13.5 Å². The van der Waals surface area contributed by atoms with Gasteiger partial charge in [-0.05, 0) is 28.1 Å². The first-order valence-corrected chi connectivity index (χ1v) is 6.58. The van der Waals surface area contributed by atoms with Gasteiger partial charge in [-0.3, -0.25) is 0 Å². The summed E-state index contributed by atoms with van der Waals surface area (Å²) in [5.41, 5.74) is 0.173. The van der Waals surface area contributed by atoms with Gasteiger partial charge in [-0.15, -0.1) is 0 Å². The van der Waals surface area contributed by atoms with Crippen molar-refractivity contribution in [1.82, 2.24) is 9.97 Å². The van der Waals surface area contributed by atoms with Crippen LogP contribution in [0, 0.1) is 23.0 Å². The third-order valence-corrected chi connectivity index (χ3v) is 3.65. The van der Waals surface area contributed by atoms with E-state index in [2.05, 4.69) is 25.9 Å². The first-order valence-electron chi connectivity index (χ1n) is 5.79. The van der Waals surface area contributed by atoms with E-state index in [0.717, 1.165) is 0 Å². The van der Waals surface area contributed by atoms with Crippen molar-refractivity contribution in [2.75, 3.05) is 0 Å². The van der Waals surface area contributed by atoms with Crippen molar-refractivity contribution in [1.29, 1.82) is 5.26 Å². The number of hydrogen-bond acceptors (Lipinski definition) is 3. The summed E-state index contributed by atoms with van der Waals surface area (Å²) in [4.78, 5) is 6.40. The number of fused-ring (bicyclic) bond motifs is 1. The molecule has 3 aromatic rings. The average Bonchev–Trinajstić information content (AvgIpc) is 2.99. The second-order valence-electron chi connectivity index (χ2n) is 4.13. The van der Waals surface area contributed by atoms with Gasteiger partial charge in [0.2, 0.25) is 5.82 Å². The van der Waals surface area contributed by atoms with Crippen LogP contribution in [-0.4, -0.2) is 9.97 Å². The fraction of sp³-hybridized carbons (Fsp3) is 0. The Morgan fingerprint density at radius 1 is 1.29 bits per heavy atom. The number of H-pyrrole nitrogens is 1. The van der Waals surface area contributed by atoms with Gasteiger partial charge in [0.1, 0.15) is 17.5 Å². The van der Waals surface area contributed by atoms with Crippen LogP contribution in [0.1, 0.15) is 5.69 Å². The number of halogens is 3. The molecule has 2 aromatic heterocycles. The van der Waals surface area contributed by atoms with Crippen LogP contribution in [0.25, 0.3) is 10.9 Å². The molecule has 0 radical (unpaired) electrons. The average molecular weight is 350 g/mol. The lowest BCUT2D eigenvalue weighted by Gasteiger charge is -2.10. The number of ether oxygens (including phenoxy) is 1. The highest BCUT2D eigenvalue weighted by Crippen LogP contribution is 2.39. The zero-order valence-corrected chi connectivity index (χ0v) is 11.9. The van der Waals surface area contributed by atoms with Gasteiger partial charge in [-0.1, -0.05) is 0 Å². The Hall–Kier alpha value is -2.46. The van der Waals surface area contributed by atoms with E-state index in [1.165, 1.54) is 24.5 Å². The molecule has 0 aliphatic carbocycles. The highest BCUT2D eigenvalue weighted by Gasteiger charge is 2.21. The predicted molar refractivity (Wildman–Crippen MR) is 74.9 cm³/mol. The lowest BCUT2D eigenvalue weighted by atomic mass is 10.2. The van der Waals surface area contributed by atoms with Gasteiger partial charge in [0.25, 0.3) is 0 Å². The number of nitrogens with one attached hydrogen (secondary N) is 1. The molecule has 0 bridgehead atoms. The summed E-state index contributed by atoms with van der Waals surface area (Å²) in [5, 5.41) is 9.24. The van der Waals surface area contributed by atoms with Crippen molar-refractivity contribution in [3.8, 4) is 17.6 Å². The molecule has 104 valence electrons. The van der Waals surface area contributed by atoms with Crippen LogP contribution in [0.4, 0.5) is 8.78 Å². The van der Waals surface area contributed by atoms with E-state index in [1.807, 2.05) is 6.07 Å². The van der Waals surface area contributed by atoms with Gasteiger partial charge in [0.05, 0.1) is 9.99 Å². The summed E-state index contributed by atoms with van der Waals surface area (Å²) in [6.45, 7) is 0. The van der Waals surface area contributed by atoms with Crippen molar-refractivity contribution >= 4 is 26.8 Å². The quantitative estimate of drug-likeness (QED) is 0.702. The molecule has 0 amide bonds. The number of aromatic nitrogens is 2. The molecule has 2 heterocycles. The van der Waals surface area contributed by atoms with Crippen LogP contribution >= 0.6 is 15.9 Å². The third kappa shape index (κ3) is 2.23. The molecular weight excluding hydrogens is 344 g/mol. The minimum absolute atomic E-state index is 0.0548. The lowest BCUT2D eigenvalue weighted by molar-refractivity contribution is 0.416. The molecule has 0 fully saturated rings. The minimum Gasteiger partial charge on any atom is -0.453 e. The molecule has 0 unspecified atom stereocenters. The normalized spacial score (nSPS) is 10.6. The van der Waals surface area contributed by atoms with Crippen molar-refractivity contribution in [3.05, 3.63) is 52.4 Å². The van der Waals surface area contributed by atoms with Gasteiger partial charge in [0.15, 0.2) is 11.6 Å². The second kappa shape index (κ2) is 5.14. The van der Waals surface area contributed by atoms with E-state index >= 15 is 0 Å². The van der Waals surface area contributed by atoms with Crippen molar-refractivity contribution in [2.24, 2.45) is 0 Å². The summed E-state index contributed by atoms with van der Waals surface area (Å²) in [6, 6.07) is 6.23. The van der Waals surface area contributed by atoms with Gasteiger partial charge >= 0.3 is 0 Å². The van der Waals surface area contributed by atoms with E-state index in [4.69, 9.17) is 10.00 Å². The predicted octanol–water partition coefficient (Wildman–Crippen LogP) is 4.27. The molecule has 0 saturated heterocycles. The van der Waals surface area contributed by atoms with Gasteiger partial charge in [-0.2, -0.15) is 9.65 Å². The molecule has 0 aliphatic heterocycles. The van der Waals surface area contributed by atoms with Crippen LogP contribution in [0.5, 0.6) is 11.5 Å². The molecule has 0 aliphatic rings. The fourth-order valence-electron chi connectivity index (χ4n) is 1.91. The Balaban J connectivity index is 2.14. The Morgan fingerprint density at radius 3 is 2.86 bits per heavy atom. The summed E-state index contributed by atoms with van der Waals surface area (Å²) in [7, 11) is 0. The number of pyridine rings is 1. The molecule has 1 aromatic carbocycles. The second-order valence-corrected chi connectivity index (χ2v) is 4.92. The molecule has 0 atom stereocenters. The summed E-state index contributed by atoms with van der Waals surface area (Å²) in [6.07, 6.45) is 2.85. The number of aromatic amines is 1. The molecule has 7 heteroatoms. The largest absolute Gasteiger partial charge is 0.453 e. The number of rotatable bonds is 2. The van der Waals surface area contributed by atoms with E-state index in [1.54, 1.807) is 6.07 Å². The summed E-state index contributed by atoms with van der Waals surface area (Å²) < 4.78 is 33.7. The maximum Gasteiger partial charge on any atom is 0.204 e. The molecule has 1 N–H and O–H groups in total. The van der Waals surface area contributed by atoms with E-state index < -0.39 is 11.6 Å². The molecule has 4 nitrogen and oxygen atoms in total.